The molecule has 0 aromatic heterocycles. The zero-order chi connectivity index (χ0) is 17.0. The quantitative estimate of drug-likeness (QED) is 0.442. The summed E-state index contributed by atoms with van der Waals surface area (Å²) in [5.74, 6) is -0.694. The second-order valence-corrected chi connectivity index (χ2v) is 5.13. The molecule has 0 aliphatic rings. The molecule has 120 valence electrons. The van der Waals surface area contributed by atoms with Crippen molar-refractivity contribution in [2.24, 2.45) is 0 Å². The van der Waals surface area contributed by atoms with Gasteiger partial charge >= 0.3 is 0 Å². The van der Waals surface area contributed by atoms with Crippen LogP contribution in [0.5, 0.6) is 0 Å². The predicted octanol–water partition coefficient (Wildman–Crippen LogP) is 1.95. The van der Waals surface area contributed by atoms with Crippen LogP contribution in [0.15, 0.2) is 42.5 Å². The van der Waals surface area contributed by atoms with E-state index in [1.165, 1.54) is 18.2 Å². The number of aliphatic hydroxyl groups excluding tert-OH is 1. The highest BCUT2D eigenvalue weighted by Crippen LogP contribution is 2.24. The summed E-state index contributed by atoms with van der Waals surface area (Å²) in [6.07, 6.45) is -0.913. The number of aliphatic hydroxyl groups is 1. The van der Waals surface area contributed by atoms with Gasteiger partial charge in [-0.1, -0.05) is 35.9 Å². The molecule has 0 aliphatic heterocycles. The van der Waals surface area contributed by atoms with Crippen LogP contribution < -0.4 is 11.1 Å². The first-order valence-electron chi connectivity index (χ1n) is 6.96. The Kier molecular flexibility index (Phi) is 4.92. The second-order valence-electron chi connectivity index (χ2n) is 5.13. The molecule has 0 spiro atoms. The van der Waals surface area contributed by atoms with Crippen LogP contribution in [0.25, 0.3) is 0 Å². The Bertz CT molecular complexity index is 729. The van der Waals surface area contributed by atoms with Crippen LogP contribution in [0.1, 0.15) is 27.6 Å². The van der Waals surface area contributed by atoms with E-state index in [0.717, 1.165) is 5.56 Å². The van der Waals surface area contributed by atoms with Gasteiger partial charge in [-0.3, -0.25) is 14.9 Å². The molecule has 0 fully saturated rings. The van der Waals surface area contributed by atoms with Crippen molar-refractivity contribution in [2.45, 2.75) is 13.0 Å². The first-order valence-corrected chi connectivity index (χ1v) is 6.96. The highest BCUT2D eigenvalue weighted by Gasteiger charge is 2.23. The van der Waals surface area contributed by atoms with Crippen LogP contribution in [0.4, 0.5) is 11.4 Å². The largest absolute Gasteiger partial charge is 0.398 e. The third kappa shape index (κ3) is 3.83. The Morgan fingerprint density at radius 3 is 2.57 bits per heavy atom. The van der Waals surface area contributed by atoms with Gasteiger partial charge in [-0.25, -0.2) is 0 Å². The van der Waals surface area contributed by atoms with Crippen molar-refractivity contribution < 1.29 is 14.8 Å². The Balaban J connectivity index is 2.11. The summed E-state index contributed by atoms with van der Waals surface area (Å²) in [6, 6.07) is 11.2. The van der Waals surface area contributed by atoms with Crippen molar-refractivity contribution >= 4 is 17.3 Å². The first-order chi connectivity index (χ1) is 10.9. The molecule has 1 atom stereocenters. The number of rotatable bonds is 5. The fourth-order valence-electron chi connectivity index (χ4n) is 2.14. The summed E-state index contributed by atoms with van der Waals surface area (Å²) < 4.78 is 0. The summed E-state index contributed by atoms with van der Waals surface area (Å²) in [5, 5.41) is 23.5. The normalized spacial score (nSPS) is 11.7. The lowest BCUT2D eigenvalue weighted by molar-refractivity contribution is -0.385. The zero-order valence-electron chi connectivity index (χ0n) is 12.5. The maximum Gasteiger partial charge on any atom is 0.284 e. The van der Waals surface area contributed by atoms with Gasteiger partial charge in [-0.15, -0.1) is 0 Å². The van der Waals surface area contributed by atoms with Gasteiger partial charge in [0.25, 0.3) is 11.6 Å². The molecule has 0 aliphatic carbocycles. The van der Waals surface area contributed by atoms with Crippen LogP contribution in [-0.4, -0.2) is 22.5 Å². The third-order valence-electron chi connectivity index (χ3n) is 3.42. The summed E-state index contributed by atoms with van der Waals surface area (Å²) in [6.45, 7) is 1.85. The molecule has 0 saturated carbocycles. The van der Waals surface area contributed by atoms with Gasteiger partial charge in [0, 0.05) is 12.6 Å². The molecule has 7 heteroatoms. The summed E-state index contributed by atoms with van der Waals surface area (Å²) in [4.78, 5) is 22.5. The van der Waals surface area contributed by atoms with Crippen molar-refractivity contribution in [3.63, 3.8) is 0 Å². The van der Waals surface area contributed by atoms with Crippen molar-refractivity contribution in [1.82, 2.24) is 5.32 Å². The average Bonchev–Trinajstić information content (AvgIpc) is 2.52. The molecule has 2 aromatic carbocycles. The SMILES string of the molecule is Cc1ccc(C(O)CNC(=O)c2c(N)cccc2[N+](=O)[O-])cc1. The number of nitrogens with two attached hydrogens (primary N) is 1. The molecule has 1 unspecified atom stereocenters. The van der Waals surface area contributed by atoms with Crippen LogP contribution in [0.3, 0.4) is 0 Å². The van der Waals surface area contributed by atoms with Gasteiger partial charge in [-0.05, 0) is 18.6 Å². The van der Waals surface area contributed by atoms with Gasteiger partial charge in [-0.2, -0.15) is 0 Å². The highest BCUT2D eigenvalue weighted by atomic mass is 16.6. The fraction of sp³-hybridized carbons (Fsp3) is 0.188. The van der Waals surface area contributed by atoms with E-state index in [2.05, 4.69) is 5.32 Å². The smallest absolute Gasteiger partial charge is 0.284 e. The summed E-state index contributed by atoms with van der Waals surface area (Å²) >= 11 is 0. The summed E-state index contributed by atoms with van der Waals surface area (Å²) in [7, 11) is 0. The predicted molar refractivity (Wildman–Crippen MR) is 86.0 cm³/mol. The molecule has 0 bridgehead atoms. The van der Waals surface area contributed by atoms with E-state index in [9.17, 15) is 20.0 Å². The van der Waals surface area contributed by atoms with Gasteiger partial charge in [0.2, 0.25) is 0 Å². The molecule has 0 heterocycles. The van der Waals surface area contributed by atoms with Crippen LogP contribution in [-0.2, 0) is 0 Å². The number of benzene rings is 2. The van der Waals surface area contributed by atoms with E-state index in [-0.39, 0.29) is 23.5 Å². The number of hydrogen-bond acceptors (Lipinski definition) is 5. The van der Waals surface area contributed by atoms with Crippen LogP contribution >= 0.6 is 0 Å². The molecule has 7 nitrogen and oxygen atoms in total. The zero-order valence-corrected chi connectivity index (χ0v) is 12.5. The van der Waals surface area contributed by atoms with E-state index >= 15 is 0 Å². The van der Waals surface area contributed by atoms with Gasteiger partial charge in [0.05, 0.1) is 16.7 Å². The number of carbonyl (C=O) groups is 1. The number of carbonyl (C=O) groups excluding carboxylic acids is 1. The van der Waals surface area contributed by atoms with E-state index in [1.54, 1.807) is 12.1 Å². The lowest BCUT2D eigenvalue weighted by atomic mass is 10.1. The standard InChI is InChI=1S/C16H17N3O4/c1-10-5-7-11(8-6-10)14(20)9-18-16(21)15-12(17)3-2-4-13(15)19(22)23/h2-8,14,20H,9,17H2,1H3,(H,18,21). The second kappa shape index (κ2) is 6.89. The molecule has 1 amide bonds. The number of hydrogen-bond donors (Lipinski definition) is 3. The van der Waals surface area contributed by atoms with Crippen molar-refractivity contribution in [1.29, 1.82) is 0 Å². The number of nitrogens with zero attached hydrogens (tertiary/aromatic N) is 1. The number of nitrogen functional groups attached to an aromatic ring is 1. The summed E-state index contributed by atoms with van der Waals surface area (Å²) in [5.41, 5.74) is 6.81. The van der Waals surface area contributed by atoms with E-state index in [1.807, 2.05) is 19.1 Å². The minimum absolute atomic E-state index is 0.0153. The lowest BCUT2D eigenvalue weighted by Crippen LogP contribution is -2.29. The Hall–Kier alpha value is -2.93. The van der Waals surface area contributed by atoms with Crippen molar-refractivity contribution in [3.05, 3.63) is 69.3 Å². The number of nitro benzene ring substituents is 1. The van der Waals surface area contributed by atoms with Crippen molar-refractivity contribution in [3.8, 4) is 0 Å². The van der Waals surface area contributed by atoms with E-state index in [0.29, 0.717) is 5.56 Å². The Morgan fingerprint density at radius 2 is 1.96 bits per heavy atom. The maximum absolute atomic E-state index is 12.2. The first kappa shape index (κ1) is 16.4. The monoisotopic (exact) mass is 315 g/mol. The number of nitrogens with one attached hydrogen (secondary N) is 1. The molecular weight excluding hydrogens is 298 g/mol. The third-order valence-corrected chi connectivity index (χ3v) is 3.42. The topological polar surface area (TPSA) is 118 Å². The van der Waals surface area contributed by atoms with Crippen molar-refractivity contribution in [2.75, 3.05) is 12.3 Å². The lowest BCUT2D eigenvalue weighted by Gasteiger charge is -2.13. The Labute approximate surface area is 132 Å². The highest BCUT2D eigenvalue weighted by molar-refractivity contribution is 6.03. The van der Waals surface area contributed by atoms with Crippen LogP contribution in [0.2, 0.25) is 0 Å². The number of amides is 1. The number of nitro groups is 1. The molecule has 23 heavy (non-hydrogen) atoms. The van der Waals surface area contributed by atoms with E-state index < -0.39 is 16.9 Å². The fourth-order valence-corrected chi connectivity index (χ4v) is 2.14. The molecule has 4 N–H and O–H groups in total. The molecule has 0 saturated heterocycles. The van der Waals surface area contributed by atoms with Crippen LogP contribution in [0, 0.1) is 17.0 Å². The average molecular weight is 315 g/mol. The van der Waals surface area contributed by atoms with Gasteiger partial charge in [0.15, 0.2) is 0 Å². The number of aryl methyl sites for hydroxylation is 1. The molecular formula is C16H17N3O4. The Morgan fingerprint density at radius 1 is 1.30 bits per heavy atom. The van der Waals surface area contributed by atoms with E-state index in [4.69, 9.17) is 5.73 Å². The van der Waals surface area contributed by atoms with Gasteiger partial charge < -0.3 is 16.2 Å². The molecule has 2 aromatic rings. The number of anilines is 1. The molecule has 0 radical (unpaired) electrons. The minimum Gasteiger partial charge on any atom is -0.398 e. The minimum atomic E-state index is -0.913. The van der Waals surface area contributed by atoms with Gasteiger partial charge in [0.1, 0.15) is 5.56 Å². The maximum atomic E-state index is 12.2. The molecule has 2 rings (SSSR count).